The van der Waals surface area contributed by atoms with E-state index in [4.69, 9.17) is 5.11 Å². The minimum atomic E-state index is -1.08. The van der Waals surface area contributed by atoms with E-state index in [1.165, 1.54) is 12.1 Å². The van der Waals surface area contributed by atoms with Crippen molar-refractivity contribution in [3.05, 3.63) is 47.0 Å². The summed E-state index contributed by atoms with van der Waals surface area (Å²) < 4.78 is 15.3. The van der Waals surface area contributed by atoms with Crippen LogP contribution in [0.5, 0.6) is 0 Å². The van der Waals surface area contributed by atoms with Crippen LogP contribution in [0.15, 0.2) is 24.4 Å². The summed E-state index contributed by atoms with van der Waals surface area (Å²) in [6, 6.07) is 3.66. The lowest BCUT2D eigenvalue weighted by Crippen LogP contribution is -2.05. The van der Waals surface area contributed by atoms with Gasteiger partial charge in [0.15, 0.2) is 0 Å². The molecule has 0 fully saturated rings. The Morgan fingerprint density at radius 2 is 2.26 bits per heavy atom. The van der Waals surface area contributed by atoms with Crippen LogP contribution >= 0.6 is 0 Å². The van der Waals surface area contributed by atoms with Gasteiger partial charge in [0.05, 0.1) is 17.4 Å². The predicted octanol–water partition coefficient (Wildman–Crippen LogP) is 2.18. The van der Waals surface area contributed by atoms with Gasteiger partial charge >= 0.3 is 5.97 Å². The van der Waals surface area contributed by atoms with E-state index in [9.17, 15) is 9.18 Å². The van der Waals surface area contributed by atoms with Crippen LogP contribution in [0, 0.1) is 12.7 Å². The van der Waals surface area contributed by atoms with E-state index < -0.39 is 11.8 Å². The molecule has 5 nitrogen and oxygen atoms in total. The molecule has 0 atom stereocenters. The second-order valence-corrected chi connectivity index (χ2v) is 4.23. The number of aromatic carboxylic acids is 1. The number of halogens is 1. The number of hydrogen-bond donors (Lipinski definition) is 2. The van der Waals surface area contributed by atoms with Crippen molar-refractivity contribution in [1.82, 2.24) is 9.78 Å². The van der Waals surface area contributed by atoms with Gasteiger partial charge in [-0.3, -0.25) is 4.68 Å². The van der Waals surface area contributed by atoms with Gasteiger partial charge in [-0.25, -0.2) is 9.18 Å². The Kier molecular flexibility index (Phi) is 3.50. The van der Waals surface area contributed by atoms with Crippen LogP contribution in [-0.2, 0) is 13.6 Å². The lowest BCUT2D eigenvalue weighted by molar-refractivity contribution is 0.0697. The molecule has 2 rings (SSSR count). The van der Waals surface area contributed by atoms with Gasteiger partial charge in [0.2, 0.25) is 0 Å². The van der Waals surface area contributed by atoms with Gasteiger partial charge in [-0.05, 0) is 25.1 Å². The van der Waals surface area contributed by atoms with Gasteiger partial charge in [-0.15, -0.1) is 0 Å². The number of anilines is 1. The molecule has 0 spiro atoms. The molecule has 6 heteroatoms. The summed E-state index contributed by atoms with van der Waals surface area (Å²) in [7, 11) is 1.82. The van der Waals surface area contributed by atoms with Crippen molar-refractivity contribution in [2.45, 2.75) is 13.5 Å². The maximum absolute atomic E-state index is 13.6. The fourth-order valence-corrected chi connectivity index (χ4v) is 1.70. The molecule has 1 aromatic carbocycles. The number of carbonyl (C=O) groups is 1. The Hall–Kier alpha value is -2.37. The number of nitrogens with zero attached hydrogens (tertiary/aromatic N) is 2. The van der Waals surface area contributed by atoms with E-state index >= 15 is 0 Å². The van der Waals surface area contributed by atoms with Gasteiger partial charge in [0.1, 0.15) is 5.82 Å². The van der Waals surface area contributed by atoms with Crippen molar-refractivity contribution < 1.29 is 14.3 Å². The maximum Gasteiger partial charge on any atom is 0.335 e. The summed E-state index contributed by atoms with van der Waals surface area (Å²) in [6.45, 7) is 2.30. The standard InChI is InChI=1S/C13H14FN3O2/c1-8-10(7-16-17(8)2)6-15-12-5-9(13(18)19)3-4-11(12)14/h3-5,7,15H,6H2,1-2H3,(H,18,19). The number of hydrogen-bond acceptors (Lipinski definition) is 3. The molecule has 0 saturated carbocycles. The van der Waals surface area contributed by atoms with Crippen LogP contribution in [-0.4, -0.2) is 20.9 Å². The summed E-state index contributed by atoms with van der Waals surface area (Å²) in [6.07, 6.45) is 1.70. The molecule has 2 aromatic rings. The Morgan fingerprint density at radius 3 is 2.84 bits per heavy atom. The number of nitrogens with one attached hydrogen (secondary N) is 1. The van der Waals surface area contributed by atoms with Crippen LogP contribution in [0.1, 0.15) is 21.6 Å². The first-order valence-corrected chi connectivity index (χ1v) is 5.73. The molecule has 0 aliphatic heterocycles. The van der Waals surface area contributed by atoms with Crippen molar-refractivity contribution >= 4 is 11.7 Å². The number of carboxylic acids is 1. The average molecular weight is 263 g/mol. The first-order valence-electron chi connectivity index (χ1n) is 5.73. The molecule has 0 amide bonds. The van der Waals surface area contributed by atoms with E-state index in [-0.39, 0.29) is 11.3 Å². The Balaban J connectivity index is 2.17. The second kappa shape index (κ2) is 5.09. The van der Waals surface area contributed by atoms with Crippen molar-refractivity contribution in [2.75, 3.05) is 5.32 Å². The number of benzene rings is 1. The third-order valence-corrected chi connectivity index (χ3v) is 3.02. The Bertz CT molecular complexity index is 622. The summed E-state index contributed by atoms with van der Waals surface area (Å²) in [5.41, 5.74) is 2.12. The number of rotatable bonds is 4. The summed E-state index contributed by atoms with van der Waals surface area (Å²) >= 11 is 0. The highest BCUT2D eigenvalue weighted by Crippen LogP contribution is 2.18. The van der Waals surface area contributed by atoms with E-state index in [0.29, 0.717) is 6.54 Å². The lowest BCUT2D eigenvalue weighted by Gasteiger charge is -2.08. The SMILES string of the molecule is Cc1c(CNc2cc(C(=O)O)ccc2F)cnn1C. The van der Waals surface area contributed by atoms with Crippen molar-refractivity contribution in [3.63, 3.8) is 0 Å². The van der Waals surface area contributed by atoms with Crippen LogP contribution < -0.4 is 5.32 Å². The lowest BCUT2D eigenvalue weighted by atomic mass is 10.2. The van der Waals surface area contributed by atoms with Crippen molar-refractivity contribution in [3.8, 4) is 0 Å². The van der Waals surface area contributed by atoms with Crippen LogP contribution in [0.25, 0.3) is 0 Å². The number of aryl methyl sites for hydroxylation is 1. The van der Waals surface area contributed by atoms with E-state index in [1.807, 2.05) is 14.0 Å². The number of aromatic nitrogens is 2. The third kappa shape index (κ3) is 2.73. The molecule has 2 N–H and O–H groups in total. The minimum absolute atomic E-state index is 0.0480. The predicted molar refractivity (Wildman–Crippen MR) is 68.6 cm³/mol. The van der Waals surface area contributed by atoms with Crippen molar-refractivity contribution in [1.29, 1.82) is 0 Å². The Labute approximate surface area is 109 Å². The highest BCUT2D eigenvalue weighted by molar-refractivity contribution is 5.88. The second-order valence-electron chi connectivity index (χ2n) is 4.23. The zero-order valence-corrected chi connectivity index (χ0v) is 10.6. The van der Waals surface area contributed by atoms with Gasteiger partial charge < -0.3 is 10.4 Å². The molecular weight excluding hydrogens is 249 g/mol. The highest BCUT2D eigenvalue weighted by atomic mass is 19.1. The molecule has 100 valence electrons. The fourth-order valence-electron chi connectivity index (χ4n) is 1.70. The zero-order valence-electron chi connectivity index (χ0n) is 10.6. The van der Waals surface area contributed by atoms with Crippen LogP contribution in [0.2, 0.25) is 0 Å². The fraction of sp³-hybridized carbons (Fsp3) is 0.231. The molecule has 0 unspecified atom stereocenters. The summed E-state index contributed by atoms with van der Waals surface area (Å²) in [5, 5.41) is 15.8. The monoisotopic (exact) mass is 263 g/mol. The molecule has 0 saturated heterocycles. The molecule has 1 heterocycles. The third-order valence-electron chi connectivity index (χ3n) is 3.02. The quantitative estimate of drug-likeness (QED) is 0.887. The largest absolute Gasteiger partial charge is 0.478 e. The average Bonchev–Trinajstić information content (AvgIpc) is 2.69. The van der Waals surface area contributed by atoms with Gasteiger partial charge in [-0.1, -0.05) is 0 Å². The van der Waals surface area contributed by atoms with Gasteiger partial charge in [-0.2, -0.15) is 5.10 Å². The molecule has 1 aromatic heterocycles. The van der Waals surface area contributed by atoms with Crippen LogP contribution in [0.4, 0.5) is 10.1 Å². The first kappa shape index (κ1) is 13.1. The number of carboxylic acid groups (broad SMARTS) is 1. The van der Waals surface area contributed by atoms with Crippen molar-refractivity contribution in [2.24, 2.45) is 7.05 Å². The molecule has 19 heavy (non-hydrogen) atoms. The molecule has 0 aliphatic rings. The van der Waals surface area contributed by atoms with Gasteiger partial charge in [0.25, 0.3) is 0 Å². The van der Waals surface area contributed by atoms with E-state index in [1.54, 1.807) is 10.9 Å². The summed E-state index contributed by atoms with van der Waals surface area (Å²) in [4.78, 5) is 10.8. The normalized spacial score (nSPS) is 10.5. The molecular formula is C13H14FN3O2. The van der Waals surface area contributed by atoms with Gasteiger partial charge in [0, 0.05) is 24.8 Å². The maximum atomic E-state index is 13.6. The minimum Gasteiger partial charge on any atom is -0.478 e. The van der Waals surface area contributed by atoms with E-state index in [2.05, 4.69) is 10.4 Å². The summed E-state index contributed by atoms with van der Waals surface area (Å²) in [5.74, 6) is -1.56. The smallest absolute Gasteiger partial charge is 0.335 e. The zero-order chi connectivity index (χ0) is 14.0. The molecule has 0 bridgehead atoms. The Morgan fingerprint density at radius 1 is 1.53 bits per heavy atom. The topological polar surface area (TPSA) is 67.2 Å². The first-order chi connectivity index (χ1) is 8.99. The molecule has 0 radical (unpaired) electrons. The van der Waals surface area contributed by atoms with E-state index in [0.717, 1.165) is 17.3 Å². The molecule has 0 aliphatic carbocycles. The highest BCUT2D eigenvalue weighted by Gasteiger charge is 2.09. The van der Waals surface area contributed by atoms with Crippen LogP contribution in [0.3, 0.4) is 0 Å².